The second-order valence-corrected chi connectivity index (χ2v) is 5.20. The molecule has 102 valence electrons. The number of primary amides is 1. The lowest BCUT2D eigenvalue weighted by Crippen LogP contribution is -2.73. The summed E-state index contributed by atoms with van der Waals surface area (Å²) in [5, 5.41) is 18.8. The number of aliphatic hydroxyl groups is 1. The normalized spacial score (nSPS) is 17.7. The number of halogens is 3. The Bertz CT molecular complexity index is 579. The number of hydrogen-bond donors (Lipinski definition) is 2. The summed E-state index contributed by atoms with van der Waals surface area (Å²) < 4.78 is 30.5. The molecule has 1 aliphatic rings. The number of alkyl halides is 2. The summed E-state index contributed by atoms with van der Waals surface area (Å²) in [6.45, 7) is -1.06. The largest absolute Gasteiger partial charge is 0.379 e. The number of β-amino-alcohol motifs (C(OH)–C–C–N with tert-alkyl or cyclic N) is 1. The first-order chi connectivity index (χ1) is 8.73. The summed E-state index contributed by atoms with van der Waals surface area (Å²) in [5.74, 6) is -5.93. The third-order valence-corrected chi connectivity index (χ3v) is 4.11. The van der Waals surface area contributed by atoms with Crippen molar-refractivity contribution in [1.29, 1.82) is 5.26 Å². The fraction of sp³-hybridized carbons (Fsp3) is 0.444. The Kier molecular flexibility index (Phi) is 3.12. The molecule has 1 amide bonds. The number of anilines is 1. The Morgan fingerprint density at radius 1 is 1.68 bits per heavy atom. The summed E-state index contributed by atoms with van der Waals surface area (Å²) in [5.41, 5.74) is 2.07. The highest BCUT2D eigenvalue weighted by molar-refractivity contribution is 7.10. The van der Waals surface area contributed by atoms with Gasteiger partial charge in [-0.15, -0.1) is 0 Å². The van der Waals surface area contributed by atoms with Gasteiger partial charge in [-0.2, -0.15) is 18.4 Å². The zero-order chi connectivity index (χ0) is 14.4. The van der Waals surface area contributed by atoms with Gasteiger partial charge >= 0.3 is 5.92 Å². The van der Waals surface area contributed by atoms with Gasteiger partial charge in [0.15, 0.2) is 10.8 Å². The van der Waals surface area contributed by atoms with Crippen LogP contribution in [-0.4, -0.2) is 40.0 Å². The molecule has 0 aliphatic carbocycles. The van der Waals surface area contributed by atoms with Crippen molar-refractivity contribution >= 4 is 34.0 Å². The Morgan fingerprint density at radius 2 is 2.26 bits per heavy atom. The van der Waals surface area contributed by atoms with E-state index in [1.54, 1.807) is 6.07 Å². The van der Waals surface area contributed by atoms with Gasteiger partial charge in [0.25, 0.3) is 5.91 Å². The highest BCUT2D eigenvalue weighted by Gasteiger charge is 2.64. The minimum atomic E-state index is -4.04. The van der Waals surface area contributed by atoms with E-state index in [2.05, 4.69) is 10.1 Å². The summed E-state index contributed by atoms with van der Waals surface area (Å²) in [6, 6.07) is 1.80. The maximum atomic E-state index is 13.4. The van der Waals surface area contributed by atoms with Crippen LogP contribution in [0.1, 0.15) is 5.56 Å². The van der Waals surface area contributed by atoms with E-state index in [9.17, 15) is 18.7 Å². The van der Waals surface area contributed by atoms with Crippen LogP contribution in [-0.2, 0) is 4.79 Å². The van der Waals surface area contributed by atoms with Gasteiger partial charge in [-0.3, -0.25) is 4.79 Å². The highest BCUT2D eigenvalue weighted by Crippen LogP contribution is 2.42. The first-order valence-corrected chi connectivity index (χ1v) is 6.08. The van der Waals surface area contributed by atoms with Crippen molar-refractivity contribution in [1.82, 2.24) is 4.37 Å². The van der Waals surface area contributed by atoms with E-state index in [1.807, 2.05) is 0 Å². The maximum absolute atomic E-state index is 13.4. The van der Waals surface area contributed by atoms with Crippen molar-refractivity contribution < 1.29 is 18.7 Å². The van der Waals surface area contributed by atoms with Gasteiger partial charge in [0.2, 0.25) is 0 Å². The Hall–Kier alpha value is -1.50. The third kappa shape index (κ3) is 1.92. The second kappa shape index (κ2) is 4.26. The SMILES string of the molecule is N#Cc1c(Cl)nsc1N1CC(O)(C(F)(F)C(N)=O)C1. The zero-order valence-corrected chi connectivity index (χ0v) is 10.8. The first kappa shape index (κ1) is 13.9. The molecule has 1 fully saturated rings. The van der Waals surface area contributed by atoms with Gasteiger partial charge in [-0.25, -0.2) is 0 Å². The number of rotatable bonds is 3. The van der Waals surface area contributed by atoms with Crippen molar-refractivity contribution in [3.05, 3.63) is 10.7 Å². The second-order valence-electron chi connectivity index (χ2n) is 4.09. The quantitative estimate of drug-likeness (QED) is 0.838. The number of nitriles is 1. The van der Waals surface area contributed by atoms with Crippen LogP contribution >= 0.6 is 23.1 Å². The molecule has 1 aliphatic heterocycles. The molecule has 0 radical (unpaired) electrons. The summed E-state index contributed by atoms with van der Waals surface area (Å²) in [6.07, 6.45) is 0. The van der Waals surface area contributed by atoms with E-state index in [-0.39, 0.29) is 15.7 Å². The van der Waals surface area contributed by atoms with E-state index in [4.69, 9.17) is 16.9 Å². The lowest BCUT2D eigenvalue weighted by Gasteiger charge is -2.49. The van der Waals surface area contributed by atoms with Crippen molar-refractivity contribution in [2.75, 3.05) is 18.0 Å². The molecule has 0 spiro atoms. The Morgan fingerprint density at radius 3 is 2.74 bits per heavy atom. The molecule has 0 atom stereocenters. The molecule has 10 heteroatoms. The molecule has 2 rings (SSSR count). The molecule has 0 bridgehead atoms. The molecular weight excluding hydrogens is 302 g/mol. The minimum absolute atomic E-state index is 0.0281. The van der Waals surface area contributed by atoms with Crippen LogP contribution in [0.4, 0.5) is 13.8 Å². The van der Waals surface area contributed by atoms with Crippen molar-refractivity contribution in [2.45, 2.75) is 11.5 Å². The molecule has 1 saturated heterocycles. The average Bonchev–Trinajstić information content (AvgIpc) is 2.65. The lowest BCUT2D eigenvalue weighted by atomic mass is 9.86. The van der Waals surface area contributed by atoms with Gasteiger partial charge in [0, 0.05) is 0 Å². The number of hydrogen-bond acceptors (Lipinski definition) is 6. The monoisotopic (exact) mass is 308 g/mol. The summed E-state index contributed by atoms with van der Waals surface area (Å²) in [7, 11) is 0. The molecule has 0 unspecified atom stereocenters. The van der Waals surface area contributed by atoms with E-state index in [1.165, 1.54) is 4.90 Å². The van der Waals surface area contributed by atoms with E-state index >= 15 is 0 Å². The van der Waals surface area contributed by atoms with Gasteiger partial charge in [-0.1, -0.05) is 11.6 Å². The van der Waals surface area contributed by atoms with Gasteiger partial charge in [-0.05, 0) is 11.5 Å². The molecule has 1 aromatic rings. The van der Waals surface area contributed by atoms with Gasteiger partial charge in [0.05, 0.1) is 13.1 Å². The van der Waals surface area contributed by atoms with E-state index < -0.39 is 30.5 Å². The van der Waals surface area contributed by atoms with Crippen LogP contribution < -0.4 is 10.6 Å². The number of nitrogens with zero attached hydrogens (tertiary/aromatic N) is 3. The predicted octanol–water partition coefficient (Wildman–Crippen LogP) is 0.340. The third-order valence-electron chi connectivity index (χ3n) is 2.83. The molecule has 0 saturated carbocycles. The van der Waals surface area contributed by atoms with Gasteiger partial charge in [0.1, 0.15) is 16.6 Å². The first-order valence-electron chi connectivity index (χ1n) is 4.93. The number of carbonyl (C=O) groups excluding carboxylic acids is 1. The van der Waals surface area contributed by atoms with E-state index in [0.29, 0.717) is 0 Å². The Labute approximate surface area is 115 Å². The average molecular weight is 309 g/mol. The van der Waals surface area contributed by atoms with Crippen molar-refractivity contribution in [3.63, 3.8) is 0 Å². The summed E-state index contributed by atoms with van der Waals surface area (Å²) >= 11 is 6.50. The topological polar surface area (TPSA) is 103 Å². The molecule has 2 heterocycles. The zero-order valence-electron chi connectivity index (χ0n) is 9.23. The van der Waals surface area contributed by atoms with Crippen molar-refractivity contribution in [2.24, 2.45) is 5.73 Å². The van der Waals surface area contributed by atoms with Crippen LogP contribution in [0.15, 0.2) is 0 Å². The standard InChI is InChI=1S/C9H7ClF2N4O2S/c10-5-4(1-13)6(19-15-5)16-2-8(18,3-16)9(11,12)7(14)17/h18H,2-3H2,(H2,14,17). The lowest BCUT2D eigenvalue weighted by molar-refractivity contribution is -0.196. The van der Waals surface area contributed by atoms with Crippen LogP contribution in [0.2, 0.25) is 5.15 Å². The number of carbonyl (C=O) groups is 1. The fourth-order valence-electron chi connectivity index (χ4n) is 1.73. The van der Waals surface area contributed by atoms with Crippen LogP contribution in [0.3, 0.4) is 0 Å². The number of aromatic nitrogens is 1. The molecular formula is C9H7ClF2N4O2S. The smallest absolute Gasteiger partial charge is 0.355 e. The molecule has 19 heavy (non-hydrogen) atoms. The highest BCUT2D eigenvalue weighted by atomic mass is 35.5. The van der Waals surface area contributed by atoms with Crippen LogP contribution in [0.25, 0.3) is 0 Å². The molecule has 0 aromatic carbocycles. The molecule has 6 nitrogen and oxygen atoms in total. The number of amides is 1. The maximum Gasteiger partial charge on any atom is 0.355 e. The van der Waals surface area contributed by atoms with Crippen molar-refractivity contribution in [3.8, 4) is 6.07 Å². The molecule has 3 N–H and O–H groups in total. The van der Waals surface area contributed by atoms with E-state index in [0.717, 1.165) is 11.5 Å². The summed E-state index contributed by atoms with van der Waals surface area (Å²) in [4.78, 5) is 11.9. The minimum Gasteiger partial charge on any atom is -0.379 e. The van der Waals surface area contributed by atoms with Crippen LogP contribution in [0.5, 0.6) is 0 Å². The fourth-order valence-corrected chi connectivity index (χ4v) is 2.76. The van der Waals surface area contributed by atoms with Gasteiger partial charge < -0.3 is 15.7 Å². The Balaban J connectivity index is 2.20. The molecule has 1 aromatic heterocycles. The van der Waals surface area contributed by atoms with Crippen LogP contribution in [0, 0.1) is 11.3 Å². The predicted molar refractivity (Wildman–Crippen MR) is 63.1 cm³/mol. The number of nitrogens with two attached hydrogens (primary N) is 1.